The molecule has 17 heavy (non-hydrogen) atoms. The summed E-state index contributed by atoms with van der Waals surface area (Å²) in [5, 5.41) is 0. The van der Waals surface area contributed by atoms with Crippen LogP contribution in [0.1, 0.15) is 31.4 Å². The van der Waals surface area contributed by atoms with Crippen molar-refractivity contribution in [3.05, 3.63) is 36.4 Å². The lowest BCUT2D eigenvalue weighted by Crippen LogP contribution is -2.10. The first-order valence-electron chi connectivity index (χ1n) is 5.90. The Morgan fingerprint density at radius 2 is 2.18 bits per heavy atom. The van der Waals surface area contributed by atoms with Crippen molar-refractivity contribution in [3.8, 4) is 11.5 Å². The van der Waals surface area contributed by atoms with Crippen LogP contribution in [0.2, 0.25) is 0 Å². The van der Waals surface area contributed by atoms with E-state index in [9.17, 15) is 0 Å². The van der Waals surface area contributed by atoms with E-state index in [1.165, 1.54) is 0 Å². The Balaban J connectivity index is 2.86. The fraction of sp³-hybridized carbons (Fsp3) is 0.429. The van der Waals surface area contributed by atoms with Crippen molar-refractivity contribution in [1.29, 1.82) is 0 Å². The first-order valence-corrected chi connectivity index (χ1v) is 5.90. The third-order valence-electron chi connectivity index (χ3n) is 2.60. The Labute approximate surface area is 103 Å². The first kappa shape index (κ1) is 13.6. The van der Waals surface area contributed by atoms with E-state index >= 15 is 0 Å². The van der Waals surface area contributed by atoms with E-state index in [1.54, 1.807) is 7.11 Å². The van der Waals surface area contributed by atoms with Crippen LogP contribution in [0.15, 0.2) is 30.9 Å². The van der Waals surface area contributed by atoms with Crippen molar-refractivity contribution in [2.75, 3.05) is 13.7 Å². The second kappa shape index (κ2) is 6.97. The third-order valence-corrected chi connectivity index (χ3v) is 2.60. The molecule has 0 aliphatic rings. The molecule has 3 heteroatoms. The summed E-state index contributed by atoms with van der Waals surface area (Å²) in [4.78, 5) is 0. The van der Waals surface area contributed by atoms with E-state index in [1.807, 2.05) is 31.2 Å². The van der Waals surface area contributed by atoms with Crippen molar-refractivity contribution < 1.29 is 9.47 Å². The highest BCUT2D eigenvalue weighted by molar-refractivity contribution is 5.43. The Hall–Kier alpha value is -1.48. The summed E-state index contributed by atoms with van der Waals surface area (Å²) in [6, 6.07) is 5.84. The van der Waals surface area contributed by atoms with Crippen LogP contribution in [0.3, 0.4) is 0 Å². The molecule has 0 aliphatic heterocycles. The molecule has 3 nitrogen and oxygen atoms in total. The monoisotopic (exact) mass is 235 g/mol. The minimum absolute atomic E-state index is 0.0121. The fourth-order valence-corrected chi connectivity index (χ4v) is 1.66. The Bertz CT molecular complexity index is 363. The smallest absolute Gasteiger partial charge is 0.161 e. The van der Waals surface area contributed by atoms with Gasteiger partial charge < -0.3 is 15.2 Å². The van der Waals surface area contributed by atoms with Crippen LogP contribution < -0.4 is 15.2 Å². The quantitative estimate of drug-likeness (QED) is 0.739. The average molecular weight is 235 g/mol. The zero-order valence-corrected chi connectivity index (χ0v) is 10.6. The minimum atomic E-state index is 0.0121. The summed E-state index contributed by atoms with van der Waals surface area (Å²) in [6.07, 6.45) is 3.69. The Morgan fingerprint density at radius 3 is 2.76 bits per heavy atom. The molecular formula is C14H21NO2. The summed E-state index contributed by atoms with van der Waals surface area (Å²) in [7, 11) is 1.63. The molecule has 0 radical (unpaired) electrons. The van der Waals surface area contributed by atoms with Gasteiger partial charge in [0.1, 0.15) is 0 Å². The maximum atomic E-state index is 6.09. The van der Waals surface area contributed by atoms with Gasteiger partial charge in [-0.25, -0.2) is 0 Å². The van der Waals surface area contributed by atoms with E-state index in [0.29, 0.717) is 6.61 Å². The third kappa shape index (κ3) is 3.79. The van der Waals surface area contributed by atoms with Crippen LogP contribution in [0.25, 0.3) is 0 Å². The fourth-order valence-electron chi connectivity index (χ4n) is 1.66. The number of ether oxygens (including phenoxy) is 2. The maximum Gasteiger partial charge on any atom is 0.161 e. The molecule has 0 saturated heterocycles. The van der Waals surface area contributed by atoms with Crippen molar-refractivity contribution in [2.45, 2.75) is 25.8 Å². The van der Waals surface area contributed by atoms with Gasteiger partial charge in [0, 0.05) is 6.04 Å². The average Bonchev–Trinajstić information content (AvgIpc) is 2.36. The van der Waals surface area contributed by atoms with Gasteiger partial charge in [-0.05, 0) is 37.5 Å². The van der Waals surface area contributed by atoms with Crippen molar-refractivity contribution >= 4 is 0 Å². The van der Waals surface area contributed by atoms with Gasteiger partial charge in [-0.15, -0.1) is 6.58 Å². The van der Waals surface area contributed by atoms with Crippen LogP contribution in [0.5, 0.6) is 11.5 Å². The van der Waals surface area contributed by atoms with Crippen molar-refractivity contribution in [2.24, 2.45) is 5.73 Å². The molecule has 1 aromatic carbocycles. The lowest BCUT2D eigenvalue weighted by Gasteiger charge is -2.15. The van der Waals surface area contributed by atoms with Crippen LogP contribution in [-0.2, 0) is 0 Å². The molecular weight excluding hydrogens is 214 g/mol. The molecule has 0 fully saturated rings. The van der Waals surface area contributed by atoms with Crippen molar-refractivity contribution in [1.82, 2.24) is 0 Å². The number of rotatable bonds is 7. The van der Waals surface area contributed by atoms with E-state index in [2.05, 4.69) is 6.58 Å². The van der Waals surface area contributed by atoms with Gasteiger partial charge in [0.2, 0.25) is 0 Å². The number of methoxy groups -OCH3 is 1. The molecule has 0 amide bonds. The minimum Gasteiger partial charge on any atom is -0.493 e. The summed E-state index contributed by atoms with van der Waals surface area (Å²) in [5.74, 6) is 1.49. The molecule has 1 aromatic rings. The van der Waals surface area contributed by atoms with Gasteiger partial charge in [0.15, 0.2) is 11.5 Å². The predicted molar refractivity (Wildman–Crippen MR) is 70.5 cm³/mol. The normalized spacial score (nSPS) is 11.9. The summed E-state index contributed by atoms with van der Waals surface area (Å²) in [5.41, 5.74) is 7.16. The zero-order chi connectivity index (χ0) is 12.7. The second-order valence-electron chi connectivity index (χ2n) is 3.82. The van der Waals surface area contributed by atoms with Gasteiger partial charge in [0.05, 0.1) is 13.7 Å². The lowest BCUT2D eigenvalue weighted by molar-refractivity contribution is 0.310. The van der Waals surface area contributed by atoms with E-state index in [-0.39, 0.29) is 6.04 Å². The number of hydrogen-bond acceptors (Lipinski definition) is 3. The Morgan fingerprint density at radius 1 is 1.41 bits per heavy atom. The molecule has 0 unspecified atom stereocenters. The van der Waals surface area contributed by atoms with Gasteiger partial charge in [-0.3, -0.25) is 0 Å². The highest BCUT2D eigenvalue weighted by atomic mass is 16.5. The Kier molecular flexibility index (Phi) is 5.57. The molecule has 0 heterocycles. The van der Waals surface area contributed by atoms with E-state index < -0.39 is 0 Å². The molecule has 1 atom stereocenters. The molecule has 0 saturated carbocycles. The van der Waals surface area contributed by atoms with E-state index in [4.69, 9.17) is 15.2 Å². The molecule has 1 rings (SSSR count). The number of benzene rings is 1. The van der Waals surface area contributed by atoms with Crippen LogP contribution in [-0.4, -0.2) is 13.7 Å². The molecule has 0 aliphatic carbocycles. The summed E-state index contributed by atoms with van der Waals surface area (Å²) in [6.45, 7) is 6.26. The lowest BCUT2D eigenvalue weighted by atomic mass is 10.0. The van der Waals surface area contributed by atoms with Gasteiger partial charge in [-0.1, -0.05) is 12.1 Å². The van der Waals surface area contributed by atoms with Crippen LogP contribution in [0, 0.1) is 0 Å². The molecule has 2 N–H and O–H groups in total. The van der Waals surface area contributed by atoms with Crippen LogP contribution >= 0.6 is 0 Å². The molecule has 0 bridgehead atoms. The second-order valence-corrected chi connectivity index (χ2v) is 3.82. The van der Waals surface area contributed by atoms with Gasteiger partial charge in [-0.2, -0.15) is 0 Å². The highest BCUT2D eigenvalue weighted by Gasteiger charge is 2.10. The number of nitrogens with two attached hydrogens (primary N) is 1. The summed E-state index contributed by atoms with van der Waals surface area (Å²) < 4.78 is 10.8. The van der Waals surface area contributed by atoms with Gasteiger partial charge >= 0.3 is 0 Å². The maximum absolute atomic E-state index is 6.09. The topological polar surface area (TPSA) is 44.5 Å². The number of hydrogen-bond donors (Lipinski definition) is 1. The largest absolute Gasteiger partial charge is 0.493 e. The molecule has 0 aromatic heterocycles. The standard InChI is InChI=1S/C14H21NO2/c1-4-6-7-12(15)11-8-9-13(16-3)14(10-11)17-5-2/h4,8-10,12H,1,5-7,15H2,2-3H3/t12-/m0/s1. The highest BCUT2D eigenvalue weighted by Crippen LogP contribution is 2.30. The van der Waals surface area contributed by atoms with E-state index in [0.717, 1.165) is 29.9 Å². The number of allylic oxidation sites excluding steroid dienone is 1. The predicted octanol–water partition coefficient (Wildman–Crippen LogP) is 3.06. The SMILES string of the molecule is C=CCC[C@H](N)c1ccc(OC)c(OCC)c1. The van der Waals surface area contributed by atoms with Crippen molar-refractivity contribution in [3.63, 3.8) is 0 Å². The molecule has 94 valence electrons. The van der Waals surface area contributed by atoms with Crippen LogP contribution in [0.4, 0.5) is 0 Å². The summed E-state index contributed by atoms with van der Waals surface area (Å²) >= 11 is 0. The molecule has 0 spiro atoms. The zero-order valence-electron chi connectivity index (χ0n) is 10.6. The first-order chi connectivity index (χ1) is 8.22. The van der Waals surface area contributed by atoms with Gasteiger partial charge in [0.25, 0.3) is 0 Å².